The minimum atomic E-state index is 0.755. The summed E-state index contributed by atoms with van der Waals surface area (Å²) in [5.41, 5.74) is 2.23. The lowest BCUT2D eigenvalue weighted by Gasteiger charge is -2.08. The van der Waals surface area contributed by atoms with Gasteiger partial charge in [0, 0.05) is 6.42 Å². The normalized spacial score (nSPS) is 11.4. The molecule has 2 aromatic rings. The van der Waals surface area contributed by atoms with Gasteiger partial charge >= 0.3 is 0 Å². The van der Waals surface area contributed by atoms with Gasteiger partial charge in [-0.2, -0.15) is 0 Å². The van der Waals surface area contributed by atoms with Crippen LogP contribution in [0.3, 0.4) is 0 Å². The SMILES string of the molecule is CCC(CC)Cc1nc2ccccc2[nH]1. The lowest BCUT2D eigenvalue weighted by Crippen LogP contribution is -2.02. The molecule has 0 saturated heterocycles. The number of benzene rings is 1. The van der Waals surface area contributed by atoms with Crippen molar-refractivity contribution < 1.29 is 0 Å². The van der Waals surface area contributed by atoms with E-state index in [4.69, 9.17) is 0 Å². The number of hydrogen-bond acceptors (Lipinski definition) is 1. The third kappa shape index (κ3) is 2.20. The van der Waals surface area contributed by atoms with Crippen molar-refractivity contribution in [1.82, 2.24) is 9.97 Å². The number of fused-ring (bicyclic) bond motifs is 1. The fourth-order valence-corrected chi connectivity index (χ4v) is 1.95. The topological polar surface area (TPSA) is 28.7 Å². The van der Waals surface area contributed by atoms with Crippen LogP contribution in [0, 0.1) is 5.92 Å². The molecule has 2 rings (SSSR count). The van der Waals surface area contributed by atoms with Gasteiger partial charge in [0.25, 0.3) is 0 Å². The highest BCUT2D eigenvalue weighted by molar-refractivity contribution is 5.74. The Kier molecular flexibility index (Phi) is 3.05. The summed E-state index contributed by atoms with van der Waals surface area (Å²) in [5, 5.41) is 0. The Morgan fingerprint density at radius 1 is 1.20 bits per heavy atom. The van der Waals surface area contributed by atoms with Crippen LogP contribution in [0.1, 0.15) is 32.5 Å². The molecule has 0 spiro atoms. The van der Waals surface area contributed by atoms with Crippen molar-refractivity contribution in [1.29, 1.82) is 0 Å². The van der Waals surface area contributed by atoms with E-state index in [1.807, 2.05) is 12.1 Å². The van der Waals surface area contributed by atoms with Crippen molar-refractivity contribution in [3.05, 3.63) is 30.1 Å². The molecule has 0 bridgehead atoms. The molecule has 0 aliphatic heterocycles. The molecule has 1 N–H and O–H groups in total. The summed E-state index contributed by atoms with van der Waals surface area (Å²) >= 11 is 0. The molecular formula is C13H18N2. The second-order valence-electron chi connectivity index (χ2n) is 4.09. The average molecular weight is 202 g/mol. The second-order valence-corrected chi connectivity index (χ2v) is 4.09. The van der Waals surface area contributed by atoms with Crippen LogP contribution in [0.25, 0.3) is 11.0 Å². The van der Waals surface area contributed by atoms with E-state index in [2.05, 4.69) is 35.9 Å². The predicted molar refractivity (Wildman–Crippen MR) is 63.9 cm³/mol. The zero-order valence-corrected chi connectivity index (χ0v) is 9.46. The first-order chi connectivity index (χ1) is 7.33. The molecule has 2 nitrogen and oxygen atoms in total. The summed E-state index contributed by atoms with van der Waals surface area (Å²) in [6.45, 7) is 4.49. The number of H-pyrrole nitrogens is 1. The number of imidazole rings is 1. The standard InChI is InChI=1S/C13H18N2/c1-3-10(4-2)9-13-14-11-7-5-6-8-12(11)15-13/h5-8,10H,3-4,9H2,1-2H3,(H,14,15). The largest absolute Gasteiger partial charge is 0.342 e. The zero-order chi connectivity index (χ0) is 10.7. The van der Waals surface area contributed by atoms with E-state index in [0.717, 1.165) is 29.2 Å². The molecule has 0 aliphatic rings. The first-order valence-corrected chi connectivity index (χ1v) is 5.77. The van der Waals surface area contributed by atoms with Gasteiger partial charge in [-0.15, -0.1) is 0 Å². The molecule has 0 radical (unpaired) electrons. The Morgan fingerprint density at radius 2 is 1.93 bits per heavy atom. The van der Waals surface area contributed by atoms with E-state index in [1.54, 1.807) is 0 Å². The van der Waals surface area contributed by atoms with Crippen molar-refractivity contribution in [2.24, 2.45) is 5.92 Å². The lowest BCUT2D eigenvalue weighted by atomic mass is 9.99. The van der Waals surface area contributed by atoms with E-state index in [0.29, 0.717) is 0 Å². The third-order valence-corrected chi connectivity index (χ3v) is 3.08. The van der Waals surface area contributed by atoms with Crippen molar-refractivity contribution in [3.63, 3.8) is 0 Å². The van der Waals surface area contributed by atoms with E-state index in [1.165, 1.54) is 12.8 Å². The van der Waals surface area contributed by atoms with Gasteiger partial charge in [0.1, 0.15) is 5.82 Å². The van der Waals surface area contributed by atoms with E-state index >= 15 is 0 Å². The maximum absolute atomic E-state index is 4.59. The van der Waals surface area contributed by atoms with E-state index in [9.17, 15) is 0 Å². The van der Waals surface area contributed by atoms with E-state index < -0.39 is 0 Å². The van der Waals surface area contributed by atoms with Gasteiger partial charge in [-0.1, -0.05) is 38.8 Å². The molecule has 0 unspecified atom stereocenters. The summed E-state index contributed by atoms with van der Waals surface area (Å²) in [4.78, 5) is 7.98. The number of rotatable bonds is 4. The van der Waals surface area contributed by atoms with Gasteiger partial charge in [-0.3, -0.25) is 0 Å². The molecule has 80 valence electrons. The maximum atomic E-state index is 4.59. The van der Waals surface area contributed by atoms with Crippen LogP contribution in [0.5, 0.6) is 0 Å². The summed E-state index contributed by atoms with van der Waals surface area (Å²) in [6, 6.07) is 8.21. The lowest BCUT2D eigenvalue weighted by molar-refractivity contribution is 0.481. The molecule has 1 aromatic heterocycles. The Hall–Kier alpha value is -1.31. The Labute approximate surface area is 90.7 Å². The molecule has 0 aliphatic carbocycles. The quantitative estimate of drug-likeness (QED) is 0.807. The molecular weight excluding hydrogens is 184 g/mol. The van der Waals surface area contributed by atoms with Crippen molar-refractivity contribution >= 4 is 11.0 Å². The van der Waals surface area contributed by atoms with Gasteiger partial charge in [-0.25, -0.2) is 4.98 Å². The van der Waals surface area contributed by atoms with Crippen molar-refractivity contribution in [3.8, 4) is 0 Å². The second kappa shape index (κ2) is 4.47. The van der Waals surface area contributed by atoms with Crippen LogP contribution in [0.2, 0.25) is 0 Å². The van der Waals surface area contributed by atoms with Gasteiger partial charge in [0.05, 0.1) is 11.0 Å². The Morgan fingerprint density at radius 3 is 2.60 bits per heavy atom. The van der Waals surface area contributed by atoms with Crippen LogP contribution in [0.4, 0.5) is 0 Å². The highest BCUT2D eigenvalue weighted by atomic mass is 14.9. The third-order valence-electron chi connectivity index (χ3n) is 3.08. The predicted octanol–water partition coefficient (Wildman–Crippen LogP) is 3.54. The van der Waals surface area contributed by atoms with Crippen LogP contribution in [-0.2, 0) is 6.42 Å². The zero-order valence-electron chi connectivity index (χ0n) is 9.46. The number of hydrogen-bond donors (Lipinski definition) is 1. The van der Waals surface area contributed by atoms with Crippen LogP contribution < -0.4 is 0 Å². The van der Waals surface area contributed by atoms with Gasteiger partial charge in [-0.05, 0) is 18.1 Å². The fraction of sp³-hybridized carbons (Fsp3) is 0.462. The summed E-state index contributed by atoms with van der Waals surface area (Å²) in [6.07, 6.45) is 3.53. The highest BCUT2D eigenvalue weighted by Crippen LogP contribution is 2.16. The van der Waals surface area contributed by atoms with Crippen LogP contribution >= 0.6 is 0 Å². The Balaban J connectivity index is 2.21. The number of nitrogens with one attached hydrogen (secondary N) is 1. The molecule has 0 saturated carbocycles. The summed E-state index contributed by atoms with van der Waals surface area (Å²) < 4.78 is 0. The first-order valence-electron chi connectivity index (χ1n) is 5.77. The molecule has 1 aromatic carbocycles. The number of aromatic amines is 1. The Bertz CT molecular complexity index is 394. The minimum absolute atomic E-state index is 0.755. The highest BCUT2D eigenvalue weighted by Gasteiger charge is 2.08. The molecule has 15 heavy (non-hydrogen) atoms. The first kappa shape index (κ1) is 10.2. The van der Waals surface area contributed by atoms with Gasteiger partial charge in [0.2, 0.25) is 0 Å². The summed E-state index contributed by atoms with van der Waals surface area (Å²) in [5.74, 6) is 1.88. The molecule has 0 amide bonds. The minimum Gasteiger partial charge on any atom is -0.342 e. The van der Waals surface area contributed by atoms with E-state index in [-0.39, 0.29) is 0 Å². The van der Waals surface area contributed by atoms with Crippen molar-refractivity contribution in [2.75, 3.05) is 0 Å². The molecule has 0 atom stereocenters. The smallest absolute Gasteiger partial charge is 0.107 e. The van der Waals surface area contributed by atoms with Crippen LogP contribution in [-0.4, -0.2) is 9.97 Å². The monoisotopic (exact) mass is 202 g/mol. The van der Waals surface area contributed by atoms with Gasteiger partial charge in [0.15, 0.2) is 0 Å². The average Bonchev–Trinajstić information content (AvgIpc) is 2.68. The number of nitrogens with zero attached hydrogens (tertiary/aromatic N) is 1. The molecule has 0 fully saturated rings. The number of para-hydroxylation sites is 2. The fourth-order valence-electron chi connectivity index (χ4n) is 1.95. The number of aromatic nitrogens is 2. The van der Waals surface area contributed by atoms with Gasteiger partial charge < -0.3 is 4.98 Å². The van der Waals surface area contributed by atoms with Crippen LogP contribution in [0.15, 0.2) is 24.3 Å². The van der Waals surface area contributed by atoms with Crippen molar-refractivity contribution in [2.45, 2.75) is 33.1 Å². The maximum Gasteiger partial charge on any atom is 0.107 e. The molecule has 2 heteroatoms. The molecule has 1 heterocycles. The summed E-state index contributed by atoms with van der Waals surface area (Å²) in [7, 11) is 0.